The highest BCUT2D eigenvalue weighted by Crippen LogP contribution is 2.45. The fourth-order valence-electron chi connectivity index (χ4n) is 6.56. The van der Waals surface area contributed by atoms with Crippen molar-refractivity contribution in [2.24, 2.45) is 0 Å². The summed E-state index contributed by atoms with van der Waals surface area (Å²) in [6.07, 6.45) is 0. The Morgan fingerprint density at radius 2 is 0.756 bits per heavy atom. The van der Waals surface area contributed by atoms with E-state index < -0.39 is 0 Å². The molecule has 0 radical (unpaired) electrons. The molecule has 0 aliphatic heterocycles. The van der Waals surface area contributed by atoms with Crippen LogP contribution in [0.25, 0.3) is 76.1 Å². The van der Waals surface area contributed by atoms with E-state index in [1.165, 1.54) is 81.7 Å². The van der Waals surface area contributed by atoms with E-state index in [1.54, 1.807) is 7.11 Å². The highest BCUT2D eigenvalue weighted by Gasteiger charge is 2.17. The fraction of sp³-hybridized carbons (Fsp3) is 0.0500. The molecule has 0 N–H and O–H groups in total. The summed E-state index contributed by atoms with van der Waals surface area (Å²) >= 11 is 0. The quantitative estimate of drug-likeness (QED) is 0.209. The average Bonchev–Trinajstić information content (AvgIpc) is 3.04. The van der Waals surface area contributed by atoms with Crippen LogP contribution in [0.15, 0.2) is 133 Å². The molecule has 0 atom stereocenters. The largest absolute Gasteiger partial charge is 0.497 e. The summed E-state index contributed by atoms with van der Waals surface area (Å²) in [5, 5.41) is 13.0. The average molecular weight is 525 g/mol. The van der Waals surface area contributed by atoms with Crippen molar-refractivity contribution >= 4 is 53.9 Å². The maximum atomic E-state index is 5.42. The number of hydrogen-bond acceptors (Lipinski definition) is 1. The highest BCUT2D eigenvalue weighted by atomic mass is 16.5. The van der Waals surface area contributed by atoms with E-state index in [2.05, 4.69) is 128 Å². The summed E-state index contributed by atoms with van der Waals surface area (Å²) in [5.41, 5.74) is 6.14. The first-order chi connectivity index (χ1) is 20.2. The molecule has 0 bridgehead atoms. The van der Waals surface area contributed by atoms with Gasteiger partial charge in [0.25, 0.3) is 0 Å². The first-order valence-corrected chi connectivity index (χ1v) is 14.1. The Kier molecular flexibility index (Phi) is 5.33. The van der Waals surface area contributed by atoms with Gasteiger partial charge in [0.05, 0.1) is 7.11 Å². The molecule has 194 valence electrons. The van der Waals surface area contributed by atoms with Gasteiger partial charge in [-0.15, -0.1) is 0 Å². The lowest BCUT2D eigenvalue weighted by atomic mass is 9.85. The van der Waals surface area contributed by atoms with Gasteiger partial charge in [0, 0.05) is 0 Å². The van der Waals surface area contributed by atoms with E-state index in [4.69, 9.17) is 4.74 Å². The number of rotatable bonds is 3. The number of fused-ring (bicyclic) bond motifs is 11. The van der Waals surface area contributed by atoms with Crippen molar-refractivity contribution in [2.75, 3.05) is 7.11 Å². The van der Waals surface area contributed by atoms with Crippen LogP contribution >= 0.6 is 0 Å². The number of hydrogen-bond donors (Lipinski definition) is 0. The summed E-state index contributed by atoms with van der Waals surface area (Å²) in [4.78, 5) is 0. The molecule has 1 heteroatoms. The van der Waals surface area contributed by atoms with E-state index in [0.29, 0.717) is 0 Å². The van der Waals surface area contributed by atoms with Gasteiger partial charge >= 0.3 is 0 Å². The van der Waals surface area contributed by atoms with Gasteiger partial charge in [-0.25, -0.2) is 0 Å². The Labute approximate surface area is 239 Å². The normalized spacial score (nSPS) is 11.7. The molecule has 0 amide bonds. The molecule has 8 rings (SSSR count). The molecule has 0 aromatic heterocycles. The van der Waals surface area contributed by atoms with Crippen molar-refractivity contribution in [1.82, 2.24) is 0 Å². The molecule has 0 saturated carbocycles. The van der Waals surface area contributed by atoms with E-state index in [0.717, 1.165) is 5.75 Å². The summed E-state index contributed by atoms with van der Waals surface area (Å²) in [5.74, 6) is 0.868. The SMILES string of the molecule is COc1ccc(-c2ccc3c4ccccc4c4c5cc(-c6ccc(C)cc6)ccc5c5ccccc5c4c3c2)cc1. The molecule has 0 heterocycles. The monoisotopic (exact) mass is 524 g/mol. The van der Waals surface area contributed by atoms with Gasteiger partial charge in [0.1, 0.15) is 5.75 Å². The van der Waals surface area contributed by atoms with Crippen LogP contribution in [0.2, 0.25) is 0 Å². The minimum atomic E-state index is 0.868. The second kappa shape index (κ2) is 9.21. The number of methoxy groups -OCH3 is 1. The van der Waals surface area contributed by atoms with E-state index in [9.17, 15) is 0 Å². The molecule has 0 aliphatic rings. The van der Waals surface area contributed by atoms with Gasteiger partial charge in [0.2, 0.25) is 0 Å². The lowest BCUT2D eigenvalue weighted by Crippen LogP contribution is -1.90. The maximum absolute atomic E-state index is 5.42. The Morgan fingerprint density at radius 1 is 0.366 bits per heavy atom. The Hall–Kier alpha value is -5.14. The number of benzene rings is 8. The zero-order valence-corrected chi connectivity index (χ0v) is 23.1. The Morgan fingerprint density at radius 3 is 1.22 bits per heavy atom. The first-order valence-electron chi connectivity index (χ1n) is 14.1. The van der Waals surface area contributed by atoms with Crippen LogP contribution in [0, 0.1) is 6.92 Å². The topological polar surface area (TPSA) is 9.23 Å². The van der Waals surface area contributed by atoms with Gasteiger partial charge in [-0.05, 0) is 107 Å². The van der Waals surface area contributed by atoms with Gasteiger partial charge in [-0.2, -0.15) is 0 Å². The van der Waals surface area contributed by atoms with Crippen molar-refractivity contribution in [3.8, 4) is 28.0 Å². The second-order valence-corrected chi connectivity index (χ2v) is 11.0. The molecule has 0 saturated heterocycles. The van der Waals surface area contributed by atoms with Crippen LogP contribution in [0.4, 0.5) is 0 Å². The molecule has 8 aromatic rings. The van der Waals surface area contributed by atoms with Crippen LogP contribution in [0.1, 0.15) is 5.56 Å². The minimum absolute atomic E-state index is 0.868. The van der Waals surface area contributed by atoms with Gasteiger partial charge in [0.15, 0.2) is 0 Å². The molecular formula is C40H28O. The molecule has 0 aliphatic carbocycles. The van der Waals surface area contributed by atoms with E-state index >= 15 is 0 Å². The van der Waals surface area contributed by atoms with Crippen LogP contribution in [-0.2, 0) is 0 Å². The van der Waals surface area contributed by atoms with Crippen LogP contribution in [0.3, 0.4) is 0 Å². The third-order valence-electron chi connectivity index (χ3n) is 8.61. The van der Waals surface area contributed by atoms with E-state index in [-0.39, 0.29) is 0 Å². The van der Waals surface area contributed by atoms with Crippen molar-refractivity contribution in [3.05, 3.63) is 139 Å². The second-order valence-electron chi connectivity index (χ2n) is 11.0. The molecule has 0 spiro atoms. The smallest absolute Gasteiger partial charge is 0.118 e. The zero-order valence-electron chi connectivity index (χ0n) is 23.1. The maximum Gasteiger partial charge on any atom is 0.118 e. The molecule has 0 unspecified atom stereocenters. The van der Waals surface area contributed by atoms with Crippen molar-refractivity contribution in [2.45, 2.75) is 6.92 Å². The molecule has 0 fully saturated rings. The summed E-state index contributed by atoms with van der Waals surface area (Å²) in [6.45, 7) is 2.14. The molecular weight excluding hydrogens is 496 g/mol. The number of aryl methyl sites for hydroxylation is 1. The van der Waals surface area contributed by atoms with Crippen molar-refractivity contribution < 1.29 is 4.74 Å². The molecule has 41 heavy (non-hydrogen) atoms. The van der Waals surface area contributed by atoms with Crippen molar-refractivity contribution in [1.29, 1.82) is 0 Å². The highest BCUT2D eigenvalue weighted by molar-refractivity contribution is 6.39. The third-order valence-corrected chi connectivity index (χ3v) is 8.61. The number of ether oxygens (including phenoxy) is 1. The summed E-state index contributed by atoms with van der Waals surface area (Å²) < 4.78 is 5.42. The van der Waals surface area contributed by atoms with Crippen LogP contribution < -0.4 is 4.74 Å². The van der Waals surface area contributed by atoms with Gasteiger partial charge in [-0.3, -0.25) is 0 Å². The standard InChI is InChI=1S/C40H28O/c1-25-11-13-26(14-12-25)28-17-21-33-31-7-3-6-10-36(31)40-38-24-29(27-15-19-30(41-2)20-16-27)18-22-34(38)32-8-4-5-9-35(32)39(40)37(33)23-28/h3-24H,1-2H3. The predicted molar refractivity (Wildman–Crippen MR) is 176 cm³/mol. The Bertz CT molecular complexity index is 2270. The van der Waals surface area contributed by atoms with Crippen LogP contribution in [-0.4, -0.2) is 7.11 Å². The zero-order chi connectivity index (χ0) is 27.5. The van der Waals surface area contributed by atoms with Gasteiger partial charge in [-0.1, -0.05) is 115 Å². The first kappa shape index (κ1) is 23.7. The molecule has 8 aromatic carbocycles. The minimum Gasteiger partial charge on any atom is -0.497 e. The fourth-order valence-corrected chi connectivity index (χ4v) is 6.56. The lowest BCUT2D eigenvalue weighted by molar-refractivity contribution is 0.415. The lowest BCUT2D eigenvalue weighted by Gasteiger charge is -2.18. The van der Waals surface area contributed by atoms with Gasteiger partial charge < -0.3 is 4.74 Å². The third kappa shape index (κ3) is 3.70. The Balaban J connectivity index is 1.56. The predicted octanol–water partition coefficient (Wildman–Crippen LogP) is 11.1. The summed E-state index contributed by atoms with van der Waals surface area (Å²) in [7, 11) is 1.71. The van der Waals surface area contributed by atoms with E-state index in [1.807, 2.05) is 12.1 Å². The molecule has 1 nitrogen and oxygen atoms in total. The van der Waals surface area contributed by atoms with Crippen molar-refractivity contribution in [3.63, 3.8) is 0 Å². The van der Waals surface area contributed by atoms with Crippen LogP contribution in [0.5, 0.6) is 5.75 Å². The summed E-state index contributed by atoms with van der Waals surface area (Å²) in [6, 6.07) is 48.9.